The van der Waals surface area contributed by atoms with Crippen LogP contribution in [0, 0.1) is 6.92 Å². The Morgan fingerprint density at radius 2 is 2.17 bits per heavy atom. The minimum absolute atomic E-state index is 0.832. The Hall–Kier alpha value is -1.25. The number of benzene rings is 1. The highest BCUT2D eigenvalue weighted by Crippen LogP contribution is 2.35. The number of aryl methyl sites for hydroxylation is 1. The van der Waals surface area contributed by atoms with Gasteiger partial charge in [-0.15, -0.1) is 0 Å². The van der Waals surface area contributed by atoms with E-state index in [-0.39, 0.29) is 0 Å². The van der Waals surface area contributed by atoms with Crippen molar-refractivity contribution < 1.29 is 0 Å². The van der Waals surface area contributed by atoms with Gasteiger partial charge in [0.2, 0.25) is 0 Å². The molecule has 2 aromatic rings. The maximum atomic E-state index is 6.33. The molecule has 94 valence electrons. The van der Waals surface area contributed by atoms with Gasteiger partial charge in [-0.1, -0.05) is 29.8 Å². The first kappa shape index (κ1) is 11.8. The van der Waals surface area contributed by atoms with E-state index in [1.807, 2.05) is 12.1 Å². The highest BCUT2D eigenvalue weighted by atomic mass is 35.5. The fourth-order valence-electron chi connectivity index (χ4n) is 2.84. The Balaban J connectivity index is 2.32. The number of halogens is 1. The highest BCUT2D eigenvalue weighted by Gasteiger charge is 2.17. The number of fused-ring (bicyclic) bond motifs is 1. The SMILES string of the molecule is Cc1c(C2=CCNCC2)c2cccc(Cl)c2n1C. The summed E-state index contributed by atoms with van der Waals surface area (Å²) in [6.45, 7) is 4.20. The van der Waals surface area contributed by atoms with E-state index in [0.29, 0.717) is 0 Å². The summed E-state index contributed by atoms with van der Waals surface area (Å²) in [4.78, 5) is 0. The lowest BCUT2D eigenvalue weighted by Gasteiger charge is -2.14. The summed E-state index contributed by atoms with van der Waals surface area (Å²) in [6, 6.07) is 6.17. The molecule has 0 radical (unpaired) electrons. The minimum atomic E-state index is 0.832. The Bertz CT molecular complexity index is 637. The van der Waals surface area contributed by atoms with Crippen LogP contribution in [0.1, 0.15) is 17.7 Å². The molecule has 1 aliphatic heterocycles. The molecule has 0 unspecified atom stereocenters. The first-order valence-corrected chi connectivity index (χ1v) is 6.71. The predicted octanol–water partition coefficient (Wildman–Crippen LogP) is 3.52. The third-order valence-electron chi connectivity index (χ3n) is 3.84. The van der Waals surface area contributed by atoms with Crippen LogP contribution in [0.5, 0.6) is 0 Å². The summed E-state index contributed by atoms with van der Waals surface area (Å²) in [5.74, 6) is 0. The van der Waals surface area contributed by atoms with Gasteiger partial charge in [0.25, 0.3) is 0 Å². The number of para-hydroxylation sites is 1. The normalized spacial score (nSPS) is 16.1. The average Bonchev–Trinajstić information content (AvgIpc) is 2.64. The maximum absolute atomic E-state index is 6.33. The lowest BCUT2D eigenvalue weighted by Crippen LogP contribution is -2.20. The monoisotopic (exact) mass is 260 g/mol. The second kappa shape index (κ2) is 4.45. The lowest BCUT2D eigenvalue weighted by atomic mass is 9.97. The van der Waals surface area contributed by atoms with E-state index in [9.17, 15) is 0 Å². The van der Waals surface area contributed by atoms with Gasteiger partial charge >= 0.3 is 0 Å². The molecule has 0 spiro atoms. The molecule has 3 rings (SSSR count). The molecule has 0 amide bonds. The topological polar surface area (TPSA) is 17.0 Å². The fraction of sp³-hybridized carbons (Fsp3) is 0.333. The van der Waals surface area contributed by atoms with Crippen LogP contribution in [0.4, 0.5) is 0 Å². The van der Waals surface area contributed by atoms with Gasteiger partial charge in [0.1, 0.15) is 0 Å². The molecule has 0 bridgehead atoms. The van der Waals surface area contributed by atoms with Crippen molar-refractivity contribution in [2.45, 2.75) is 13.3 Å². The van der Waals surface area contributed by atoms with Crippen molar-refractivity contribution in [2.24, 2.45) is 7.05 Å². The number of nitrogens with one attached hydrogen (secondary N) is 1. The van der Waals surface area contributed by atoms with Crippen molar-refractivity contribution in [3.05, 3.63) is 40.6 Å². The molecular formula is C15H17ClN2. The Kier molecular flexibility index (Phi) is 2.92. The van der Waals surface area contributed by atoms with Gasteiger partial charge in [0.15, 0.2) is 0 Å². The van der Waals surface area contributed by atoms with E-state index in [4.69, 9.17) is 11.6 Å². The Morgan fingerprint density at radius 1 is 1.33 bits per heavy atom. The number of hydrogen-bond acceptors (Lipinski definition) is 1. The second-order valence-corrected chi connectivity index (χ2v) is 5.25. The molecule has 1 N–H and O–H groups in total. The van der Waals surface area contributed by atoms with E-state index in [0.717, 1.165) is 30.0 Å². The third kappa shape index (κ3) is 1.68. The first-order chi connectivity index (χ1) is 8.70. The van der Waals surface area contributed by atoms with E-state index >= 15 is 0 Å². The van der Waals surface area contributed by atoms with Gasteiger partial charge in [0.05, 0.1) is 10.5 Å². The van der Waals surface area contributed by atoms with Crippen molar-refractivity contribution in [1.82, 2.24) is 9.88 Å². The summed E-state index contributed by atoms with van der Waals surface area (Å²) in [5, 5.41) is 5.47. The molecule has 0 saturated heterocycles. The van der Waals surface area contributed by atoms with Crippen LogP contribution in [0.15, 0.2) is 24.3 Å². The zero-order valence-electron chi connectivity index (χ0n) is 10.8. The molecule has 1 aliphatic rings. The summed E-state index contributed by atoms with van der Waals surface area (Å²) in [6.07, 6.45) is 3.39. The summed E-state index contributed by atoms with van der Waals surface area (Å²) in [7, 11) is 2.09. The standard InChI is InChI=1S/C15H17ClN2/c1-10-14(11-6-8-17-9-7-11)12-4-3-5-13(16)15(12)18(10)2/h3-6,17H,7-9H2,1-2H3. The zero-order valence-corrected chi connectivity index (χ0v) is 11.5. The van der Waals surface area contributed by atoms with Crippen LogP contribution in [-0.4, -0.2) is 17.7 Å². The van der Waals surface area contributed by atoms with Crippen LogP contribution in [0.25, 0.3) is 16.5 Å². The molecule has 1 aromatic carbocycles. The molecule has 0 fully saturated rings. The second-order valence-electron chi connectivity index (χ2n) is 4.84. The maximum Gasteiger partial charge on any atom is 0.0675 e. The van der Waals surface area contributed by atoms with Crippen molar-refractivity contribution in [2.75, 3.05) is 13.1 Å². The lowest BCUT2D eigenvalue weighted by molar-refractivity contribution is 0.738. The van der Waals surface area contributed by atoms with Crippen LogP contribution < -0.4 is 5.32 Å². The molecule has 1 aromatic heterocycles. The van der Waals surface area contributed by atoms with Gasteiger partial charge < -0.3 is 9.88 Å². The first-order valence-electron chi connectivity index (χ1n) is 6.34. The zero-order chi connectivity index (χ0) is 12.7. The third-order valence-corrected chi connectivity index (χ3v) is 4.15. The van der Waals surface area contributed by atoms with E-state index in [2.05, 4.69) is 36.0 Å². The number of nitrogens with zero attached hydrogens (tertiary/aromatic N) is 1. The van der Waals surface area contributed by atoms with Crippen molar-refractivity contribution in [3.63, 3.8) is 0 Å². The highest BCUT2D eigenvalue weighted by molar-refractivity contribution is 6.35. The molecular weight excluding hydrogens is 244 g/mol. The van der Waals surface area contributed by atoms with Gasteiger partial charge in [-0.3, -0.25) is 0 Å². The largest absolute Gasteiger partial charge is 0.346 e. The van der Waals surface area contributed by atoms with Gasteiger partial charge in [-0.05, 0) is 31.5 Å². The van der Waals surface area contributed by atoms with E-state index < -0.39 is 0 Å². The van der Waals surface area contributed by atoms with Crippen molar-refractivity contribution in [3.8, 4) is 0 Å². The molecule has 2 heterocycles. The van der Waals surface area contributed by atoms with Crippen LogP contribution >= 0.6 is 11.6 Å². The van der Waals surface area contributed by atoms with E-state index in [1.165, 1.54) is 22.2 Å². The summed E-state index contributed by atoms with van der Waals surface area (Å²) in [5.41, 5.74) is 5.26. The Labute approximate surface area is 112 Å². The molecule has 2 nitrogen and oxygen atoms in total. The smallest absolute Gasteiger partial charge is 0.0675 e. The van der Waals surface area contributed by atoms with Crippen molar-refractivity contribution in [1.29, 1.82) is 0 Å². The molecule has 0 aliphatic carbocycles. The van der Waals surface area contributed by atoms with Crippen LogP contribution in [0.2, 0.25) is 5.02 Å². The van der Waals surface area contributed by atoms with Crippen LogP contribution in [-0.2, 0) is 7.05 Å². The number of rotatable bonds is 1. The average molecular weight is 261 g/mol. The number of aromatic nitrogens is 1. The van der Waals surface area contributed by atoms with Crippen LogP contribution in [0.3, 0.4) is 0 Å². The van der Waals surface area contributed by atoms with Gasteiger partial charge in [0, 0.05) is 30.2 Å². The molecule has 0 atom stereocenters. The van der Waals surface area contributed by atoms with Gasteiger partial charge in [-0.2, -0.15) is 0 Å². The fourth-order valence-corrected chi connectivity index (χ4v) is 3.14. The summed E-state index contributed by atoms with van der Waals surface area (Å²) >= 11 is 6.33. The molecule has 0 saturated carbocycles. The van der Waals surface area contributed by atoms with E-state index in [1.54, 1.807) is 0 Å². The number of hydrogen-bond donors (Lipinski definition) is 1. The molecule has 18 heavy (non-hydrogen) atoms. The quantitative estimate of drug-likeness (QED) is 0.830. The van der Waals surface area contributed by atoms with Gasteiger partial charge in [-0.25, -0.2) is 0 Å². The minimum Gasteiger partial charge on any atom is -0.346 e. The predicted molar refractivity (Wildman–Crippen MR) is 78.1 cm³/mol. The molecule has 3 heteroatoms. The Morgan fingerprint density at radius 3 is 2.89 bits per heavy atom. The summed E-state index contributed by atoms with van der Waals surface area (Å²) < 4.78 is 2.20. The van der Waals surface area contributed by atoms with Crippen molar-refractivity contribution >= 4 is 28.1 Å².